The monoisotopic (exact) mass is 517 g/mol. The molecule has 3 fully saturated rings. The van der Waals surface area contributed by atoms with E-state index in [4.69, 9.17) is 4.74 Å². The number of benzene rings is 2. The first-order chi connectivity index (χ1) is 18.5. The molecule has 3 aliphatic rings. The number of ether oxygens (including phenoxy) is 1. The Labute approximate surface area is 229 Å². The average Bonchev–Trinajstić information content (AvgIpc) is 3.35. The molecule has 5 nitrogen and oxygen atoms in total. The number of methoxy groups -OCH3 is 1. The number of likely N-dealkylation sites (tertiary alicyclic amines) is 1. The fourth-order valence-corrected chi connectivity index (χ4v) is 8.00. The van der Waals surface area contributed by atoms with Gasteiger partial charge in [0.15, 0.2) is 0 Å². The highest BCUT2D eigenvalue weighted by Gasteiger charge is 2.50. The average molecular weight is 518 g/mol. The van der Waals surface area contributed by atoms with Crippen molar-refractivity contribution in [2.75, 3.05) is 33.8 Å². The van der Waals surface area contributed by atoms with Crippen LogP contribution in [0.2, 0.25) is 0 Å². The highest BCUT2D eigenvalue weighted by molar-refractivity contribution is 5.82. The van der Waals surface area contributed by atoms with Gasteiger partial charge in [0.25, 0.3) is 0 Å². The summed E-state index contributed by atoms with van der Waals surface area (Å²) in [5.74, 6) is 2.35. The molecule has 206 valence electrons. The second kappa shape index (κ2) is 11.8. The molecule has 1 amide bonds. The van der Waals surface area contributed by atoms with Crippen LogP contribution in [0.5, 0.6) is 5.75 Å². The van der Waals surface area contributed by atoms with Crippen LogP contribution in [0.25, 0.3) is 0 Å². The maximum Gasteiger partial charge on any atom is 0.228 e. The summed E-state index contributed by atoms with van der Waals surface area (Å²) in [6.45, 7) is 7.64. The van der Waals surface area contributed by atoms with E-state index >= 15 is 0 Å². The molecule has 2 aromatic rings. The zero-order valence-corrected chi connectivity index (χ0v) is 23.9. The molecule has 5 rings (SSSR count). The lowest BCUT2D eigenvalue weighted by Crippen LogP contribution is -2.54. The Balaban J connectivity index is 1.47. The van der Waals surface area contributed by atoms with Gasteiger partial charge in [-0.05, 0) is 74.2 Å². The third kappa shape index (κ3) is 5.12. The molecule has 5 heteroatoms. The van der Waals surface area contributed by atoms with Gasteiger partial charge in [0.05, 0.1) is 13.0 Å². The van der Waals surface area contributed by atoms with Gasteiger partial charge < -0.3 is 20.3 Å². The molecule has 0 spiro atoms. The van der Waals surface area contributed by atoms with E-state index in [-0.39, 0.29) is 11.3 Å². The molecule has 38 heavy (non-hydrogen) atoms. The van der Waals surface area contributed by atoms with E-state index in [0.717, 1.165) is 44.8 Å². The van der Waals surface area contributed by atoms with Crippen molar-refractivity contribution >= 4 is 5.91 Å². The van der Waals surface area contributed by atoms with Crippen molar-refractivity contribution in [1.82, 2.24) is 15.5 Å². The Morgan fingerprint density at radius 2 is 1.87 bits per heavy atom. The van der Waals surface area contributed by atoms with Crippen LogP contribution >= 0.6 is 0 Å². The van der Waals surface area contributed by atoms with Gasteiger partial charge in [0.1, 0.15) is 5.75 Å². The maximum absolute atomic E-state index is 14.7. The van der Waals surface area contributed by atoms with Crippen LogP contribution in [0.15, 0.2) is 42.5 Å². The zero-order chi connectivity index (χ0) is 26.7. The summed E-state index contributed by atoms with van der Waals surface area (Å²) in [6.07, 6.45) is 8.62. The standard InChI is InChI=1S/C33H47N3O2/c1-23-15-16-30(38-4)27(20-34-3)31(23)33(2)22-35-21-28(33)32(37)36-18-17-26(24-11-7-5-8-12-24)19-29(36)25-13-9-6-10-14-25/h5,7-8,11-12,15-16,25-26,28-29,34-35H,6,9-10,13-14,17-22H2,1-4H3. The minimum Gasteiger partial charge on any atom is -0.496 e. The molecule has 2 aromatic carbocycles. The smallest absolute Gasteiger partial charge is 0.228 e. The molecule has 1 saturated carbocycles. The summed E-state index contributed by atoms with van der Waals surface area (Å²) in [7, 11) is 3.73. The predicted octanol–water partition coefficient (Wildman–Crippen LogP) is 5.56. The van der Waals surface area contributed by atoms with E-state index in [0.29, 0.717) is 23.8 Å². The molecule has 0 radical (unpaired) electrons. The molecular formula is C33H47N3O2. The van der Waals surface area contributed by atoms with E-state index < -0.39 is 0 Å². The summed E-state index contributed by atoms with van der Waals surface area (Å²) in [5.41, 5.74) is 4.87. The predicted molar refractivity (Wildman–Crippen MR) is 155 cm³/mol. The van der Waals surface area contributed by atoms with Crippen LogP contribution in [0.4, 0.5) is 0 Å². The number of hydrogen-bond donors (Lipinski definition) is 2. The Morgan fingerprint density at radius 1 is 1.11 bits per heavy atom. The van der Waals surface area contributed by atoms with Gasteiger partial charge in [-0.25, -0.2) is 0 Å². The van der Waals surface area contributed by atoms with Crippen molar-refractivity contribution in [1.29, 1.82) is 0 Å². The van der Waals surface area contributed by atoms with Gasteiger partial charge in [-0.1, -0.05) is 62.6 Å². The SMILES string of the molecule is CNCc1c(OC)ccc(C)c1C1(C)CNCC1C(=O)N1CCC(c2ccccc2)CC1C1CCCCC1. The highest BCUT2D eigenvalue weighted by atomic mass is 16.5. The first-order valence-corrected chi connectivity index (χ1v) is 14.9. The molecule has 4 unspecified atom stereocenters. The molecule has 2 N–H and O–H groups in total. The lowest BCUT2D eigenvalue weighted by atomic mass is 9.69. The zero-order valence-electron chi connectivity index (χ0n) is 23.9. The van der Waals surface area contributed by atoms with Crippen molar-refractivity contribution in [3.63, 3.8) is 0 Å². The van der Waals surface area contributed by atoms with E-state index in [1.165, 1.54) is 54.4 Å². The molecule has 0 aromatic heterocycles. The van der Waals surface area contributed by atoms with Crippen molar-refractivity contribution < 1.29 is 9.53 Å². The Bertz CT molecular complexity index is 1100. The van der Waals surface area contributed by atoms with Gasteiger partial charge in [-0.2, -0.15) is 0 Å². The summed E-state index contributed by atoms with van der Waals surface area (Å²) < 4.78 is 5.80. The fourth-order valence-electron chi connectivity index (χ4n) is 8.00. The quantitative estimate of drug-likeness (QED) is 0.505. The number of nitrogens with one attached hydrogen (secondary N) is 2. The van der Waals surface area contributed by atoms with Crippen molar-refractivity contribution in [2.45, 2.75) is 82.7 Å². The van der Waals surface area contributed by atoms with E-state index in [9.17, 15) is 4.79 Å². The molecular weight excluding hydrogens is 470 g/mol. The normalized spacial score (nSPS) is 28.4. The third-order valence-electron chi connectivity index (χ3n) is 9.92. The largest absolute Gasteiger partial charge is 0.496 e. The Hall–Kier alpha value is -2.37. The van der Waals surface area contributed by atoms with Crippen molar-refractivity contribution in [3.05, 3.63) is 64.7 Å². The van der Waals surface area contributed by atoms with Crippen LogP contribution in [0.1, 0.15) is 80.0 Å². The molecule has 2 heterocycles. The summed E-state index contributed by atoms with van der Waals surface area (Å²) in [4.78, 5) is 17.0. The Morgan fingerprint density at radius 3 is 2.58 bits per heavy atom. The minimum atomic E-state index is -0.282. The number of rotatable bonds is 7. The number of hydrogen-bond acceptors (Lipinski definition) is 4. The molecule has 2 saturated heterocycles. The van der Waals surface area contributed by atoms with Crippen molar-refractivity contribution in [3.8, 4) is 5.75 Å². The fraction of sp³-hybridized carbons (Fsp3) is 0.606. The molecule has 0 bridgehead atoms. The Kier molecular flexibility index (Phi) is 8.44. The molecule has 4 atom stereocenters. The van der Waals surface area contributed by atoms with Gasteiger partial charge >= 0.3 is 0 Å². The van der Waals surface area contributed by atoms with Crippen LogP contribution in [-0.4, -0.2) is 50.6 Å². The van der Waals surface area contributed by atoms with Crippen LogP contribution < -0.4 is 15.4 Å². The summed E-state index contributed by atoms with van der Waals surface area (Å²) >= 11 is 0. The summed E-state index contributed by atoms with van der Waals surface area (Å²) in [5, 5.41) is 6.98. The number of nitrogens with zero attached hydrogens (tertiary/aromatic N) is 1. The first kappa shape index (κ1) is 27.2. The second-order valence-corrected chi connectivity index (χ2v) is 12.2. The number of aryl methyl sites for hydroxylation is 1. The second-order valence-electron chi connectivity index (χ2n) is 12.2. The highest BCUT2D eigenvalue weighted by Crippen LogP contribution is 2.45. The van der Waals surface area contributed by atoms with E-state index in [1.807, 2.05) is 7.05 Å². The van der Waals surface area contributed by atoms with E-state index in [2.05, 4.69) is 71.8 Å². The first-order valence-electron chi connectivity index (χ1n) is 14.9. The number of amides is 1. The minimum absolute atomic E-state index is 0.0803. The lowest BCUT2D eigenvalue weighted by molar-refractivity contribution is -0.142. The van der Waals surface area contributed by atoms with Crippen LogP contribution in [0, 0.1) is 18.8 Å². The third-order valence-corrected chi connectivity index (χ3v) is 9.92. The van der Waals surface area contributed by atoms with Gasteiger partial charge in [-0.15, -0.1) is 0 Å². The van der Waals surface area contributed by atoms with Gasteiger partial charge in [-0.3, -0.25) is 4.79 Å². The van der Waals surface area contributed by atoms with Gasteiger partial charge in [0.2, 0.25) is 5.91 Å². The van der Waals surface area contributed by atoms with Crippen LogP contribution in [-0.2, 0) is 16.8 Å². The number of carbonyl (C=O) groups excluding carboxylic acids is 1. The topological polar surface area (TPSA) is 53.6 Å². The van der Waals surface area contributed by atoms with Gasteiger partial charge in [0, 0.05) is 43.2 Å². The number of carbonyl (C=O) groups is 1. The van der Waals surface area contributed by atoms with E-state index in [1.54, 1.807) is 7.11 Å². The summed E-state index contributed by atoms with van der Waals surface area (Å²) in [6, 6.07) is 15.6. The molecule has 2 aliphatic heterocycles. The lowest BCUT2D eigenvalue weighted by Gasteiger charge is -2.47. The van der Waals surface area contributed by atoms with Crippen molar-refractivity contribution in [2.24, 2.45) is 11.8 Å². The number of piperidine rings is 1. The maximum atomic E-state index is 14.7. The van der Waals surface area contributed by atoms with Crippen LogP contribution in [0.3, 0.4) is 0 Å². The molecule has 1 aliphatic carbocycles.